The van der Waals surface area contributed by atoms with Crippen LogP contribution in [0.1, 0.15) is 10.6 Å². The fourth-order valence-corrected chi connectivity index (χ4v) is 4.17. The average molecular weight is 471 g/mol. The van der Waals surface area contributed by atoms with Crippen LogP contribution in [0.4, 0.5) is 14.5 Å². The van der Waals surface area contributed by atoms with E-state index in [1.807, 2.05) is 31.2 Å². The second kappa shape index (κ2) is 9.33. The second-order valence-corrected chi connectivity index (χ2v) is 8.12. The number of amides is 2. The van der Waals surface area contributed by atoms with Crippen LogP contribution in [0.25, 0.3) is 16.3 Å². The molecular formula is C22H19F2N5O3S. The van der Waals surface area contributed by atoms with Crippen molar-refractivity contribution < 1.29 is 23.1 Å². The lowest BCUT2D eigenvalue weighted by atomic mass is 10.2. The molecule has 2 N–H and O–H groups in total. The fourth-order valence-electron chi connectivity index (χ4n) is 3.12. The van der Waals surface area contributed by atoms with Crippen molar-refractivity contribution in [2.24, 2.45) is 0 Å². The maximum atomic E-state index is 13.6. The smallest absolute Gasteiger partial charge is 0.313 e. The zero-order chi connectivity index (χ0) is 23.5. The lowest BCUT2D eigenvalue weighted by Gasteiger charge is -2.07. The molecule has 2 aromatic heterocycles. The predicted molar refractivity (Wildman–Crippen MR) is 119 cm³/mol. The lowest BCUT2D eigenvalue weighted by molar-refractivity contribution is -0.136. The highest BCUT2D eigenvalue weighted by molar-refractivity contribution is 7.17. The second-order valence-electron chi connectivity index (χ2n) is 7.05. The minimum atomic E-state index is -1.04. The third-order valence-electron chi connectivity index (χ3n) is 4.88. The van der Waals surface area contributed by atoms with Crippen molar-refractivity contribution in [3.05, 3.63) is 64.7 Å². The molecule has 8 nitrogen and oxygen atoms in total. The molecule has 0 saturated heterocycles. The third-order valence-corrected chi connectivity index (χ3v) is 6.08. The molecule has 0 bridgehead atoms. The lowest BCUT2D eigenvalue weighted by Crippen LogP contribution is -2.36. The number of aromatic nitrogens is 3. The maximum Gasteiger partial charge on any atom is 0.313 e. The molecule has 0 radical (unpaired) electrons. The van der Waals surface area contributed by atoms with Crippen LogP contribution in [0.2, 0.25) is 0 Å². The molecule has 0 unspecified atom stereocenters. The number of carbonyl (C=O) groups excluding carboxylic acids is 2. The third kappa shape index (κ3) is 4.82. The SMILES string of the molecule is COc1ccc(-c2nc3sc(CCNC(=O)C(=O)Nc4ccc(F)cc4F)c(C)n3n2)cc1. The van der Waals surface area contributed by atoms with Crippen LogP contribution in [-0.4, -0.2) is 40.1 Å². The first kappa shape index (κ1) is 22.3. The number of halogens is 2. The molecule has 2 heterocycles. The minimum absolute atomic E-state index is 0.188. The molecule has 33 heavy (non-hydrogen) atoms. The molecule has 0 aliphatic carbocycles. The van der Waals surface area contributed by atoms with E-state index in [4.69, 9.17) is 4.74 Å². The first-order chi connectivity index (χ1) is 15.9. The summed E-state index contributed by atoms with van der Waals surface area (Å²) in [7, 11) is 1.60. The van der Waals surface area contributed by atoms with Crippen LogP contribution in [0, 0.1) is 18.6 Å². The minimum Gasteiger partial charge on any atom is -0.497 e. The van der Waals surface area contributed by atoms with Crippen molar-refractivity contribution in [2.75, 3.05) is 19.0 Å². The predicted octanol–water partition coefficient (Wildman–Crippen LogP) is 3.35. The number of nitrogens with one attached hydrogen (secondary N) is 2. The molecule has 0 saturated carbocycles. The van der Waals surface area contributed by atoms with Crippen LogP contribution >= 0.6 is 11.3 Å². The van der Waals surface area contributed by atoms with Crippen LogP contribution in [0.3, 0.4) is 0 Å². The van der Waals surface area contributed by atoms with Crippen LogP contribution in [-0.2, 0) is 16.0 Å². The summed E-state index contributed by atoms with van der Waals surface area (Å²) < 4.78 is 33.5. The highest BCUT2D eigenvalue weighted by Gasteiger charge is 2.17. The van der Waals surface area contributed by atoms with Gasteiger partial charge in [0.1, 0.15) is 17.4 Å². The largest absolute Gasteiger partial charge is 0.497 e. The zero-order valence-electron chi connectivity index (χ0n) is 17.7. The van der Waals surface area contributed by atoms with Gasteiger partial charge in [0.2, 0.25) is 4.96 Å². The Hall–Kier alpha value is -3.86. The summed E-state index contributed by atoms with van der Waals surface area (Å²) in [5, 5.41) is 9.17. The topological polar surface area (TPSA) is 97.6 Å². The van der Waals surface area contributed by atoms with E-state index in [0.29, 0.717) is 23.3 Å². The van der Waals surface area contributed by atoms with Crippen molar-refractivity contribution in [3.63, 3.8) is 0 Å². The van der Waals surface area contributed by atoms with Gasteiger partial charge in [-0.05, 0) is 43.3 Å². The van der Waals surface area contributed by atoms with Gasteiger partial charge in [-0.15, -0.1) is 5.10 Å². The number of hydrogen-bond donors (Lipinski definition) is 2. The van der Waals surface area contributed by atoms with E-state index in [1.54, 1.807) is 11.6 Å². The summed E-state index contributed by atoms with van der Waals surface area (Å²) in [5.74, 6) is -2.36. The molecule has 2 aromatic carbocycles. The number of benzene rings is 2. The number of rotatable bonds is 6. The van der Waals surface area contributed by atoms with Crippen molar-refractivity contribution in [3.8, 4) is 17.1 Å². The van der Waals surface area contributed by atoms with E-state index in [-0.39, 0.29) is 12.2 Å². The molecule has 0 atom stereocenters. The number of nitrogens with zero attached hydrogens (tertiary/aromatic N) is 3. The summed E-state index contributed by atoms with van der Waals surface area (Å²) in [5.41, 5.74) is 1.48. The Balaban J connectivity index is 1.36. The number of carbonyl (C=O) groups is 2. The molecule has 2 amide bonds. The van der Waals surface area contributed by atoms with Crippen LogP contribution in [0.5, 0.6) is 5.75 Å². The molecule has 170 valence electrons. The highest BCUT2D eigenvalue weighted by atomic mass is 32.1. The van der Waals surface area contributed by atoms with Gasteiger partial charge in [0.05, 0.1) is 18.5 Å². The Bertz CT molecular complexity index is 1330. The zero-order valence-corrected chi connectivity index (χ0v) is 18.5. The molecule has 11 heteroatoms. The fraction of sp³-hybridized carbons (Fsp3) is 0.182. The van der Waals surface area contributed by atoms with Gasteiger partial charge < -0.3 is 15.4 Å². The average Bonchev–Trinajstić information content (AvgIpc) is 3.35. The monoisotopic (exact) mass is 471 g/mol. The normalized spacial score (nSPS) is 10.9. The van der Waals surface area contributed by atoms with Gasteiger partial charge in [-0.1, -0.05) is 11.3 Å². The van der Waals surface area contributed by atoms with E-state index in [2.05, 4.69) is 20.7 Å². The van der Waals surface area contributed by atoms with E-state index in [1.165, 1.54) is 11.3 Å². The molecule has 4 rings (SSSR count). The summed E-state index contributed by atoms with van der Waals surface area (Å²) in [6, 6.07) is 10.1. The summed E-state index contributed by atoms with van der Waals surface area (Å²) in [4.78, 5) is 30.2. The first-order valence-electron chi connectivity index (χ1n) is 9.89. The van der Waals surface area contributed by atoms with Crippen molar-refractivity contribution in [1.29, 1.82) is 0 Å². The summed E-state index contributed by atoms with van der Waals surface area (Å²) in [6.45, 7) is 2.09. The van der Waals surface area contributed by atoms with Gasteiger partial charge in [0.25, 0.3) is 0 Å². The van der Waals surface area contributed by atoms with Crippen molar-refractivity contribution >= 4 is 33.8 Å². The van der Waals surface area contributed by atoms with Gasteiger partial charge in [-0.3, -0.25) is 9.59 Å². The Morgan fingerprint density at radius 3 is 2.55 bits per heavy atom. The molecular weight excluding hydrogens is 452 g/mol. The molecule has 0 aliphatic heterocycles. The number of hydrogen-bond acceptors (Lipinski definition) is 6. The standard InChI is InChI=1S/C22H19F2N5O3S/c1-12-18(9-10-25-20(30)21(31)26-17-8-5-14(23)11-16(17)24)33-22-27-19(28-29(12)22)13-3-6-15(32-2)7-4-13/h3-8,11H,9-10H2,1-2H3,(H,25,30)(H,26,31). The quantitative estimate of drug-likeness (QED) is 0.421. The number of anilines is 1. The molecule has 0 spiro atoms. The van der Waals surface area contributed by atoms with Crippen LogP contribution < -0.4 is 15.4 Å². The number of fused-ring (bicyclic) bond motifs is 1. The summed E-state index contributed by atoms with van der Waals surface area (Å²) >= 11 is 1.44. The van der Waals surface area contributed by atoms with Gasteiger partial charge in [-0.2, -0.15) is 4.98 Å². The number of methoxy groups -OCH3 is 1. The van der Waals surface area contributed by atoms with Gasteiger partial charge in [0.15, 0.2) is 5.82 Å². The Morgan fingerprint density at radius 2 is 1.88 bits per heavy atom. The Kier molecular flexibility index (Phi) is 6.31. The molecule has 4 aromatic rings. The maximum absolute atomic E-state index is 13.6. The van der Waals surface area contributed by atoms with E-state index in [9.17, 15) is 18.4 Å². The number of ether oxygens (including phenoxy) is 1. The Labute approximate surface area is 191 Å². The van der Waals surface area contributed by atoms with E-state index in [0.717, 1.165) is 34.0 Å². The van der Waals surface area contributed by atoms with Gasteiger partial charge in [-0.25, -0.2) is 13.3 Å². The van der Waals surface area contributed by atoms with E-state index >= 15 is 0 Å². The van der Waals surface area contributed by atoms with E-state index < -0.39 is 23.4 Å². The van der Waals surface area contributed by atoms with Gasteiger partial charge >= 0.3 is 11.8 Å². The number of thiazole rings is 1. The molecule has 0 aliphatic rings. The summed E-state index contributed by atoms with van der Waals surface area (Å²) in [6.07, 6.45) is 0.462. The Morgan fingerprint density at radius 1 is 1.12 bits per heavy atom. The van der Waals surface area contributed by atoms with Crippen molar-refractivity contribution in [1.82, 2.24) is 19.9 Å². The van der Waals surface area contributed by atoms with Crippen LogP contribution in [0.15, 0.2) is 42.5 Å². The number of aryl methyl sites for hydroxylation is 1. The van der Waals surface area contributed by atoms with Crippen molar-refractivity contribution in [2.45, 2.75) is 13.3 Å². The highest BCUT2D eigenvalue weighted by Crippen LogP contribution is 2.26. The molecule has 0 fully saturated rings. The van der Waals surface area contributed by atoms with Gasteiger partial charge in [0, 0.05) is 29.5 Å². The first-order valence-corrected chi connectivity index (χ1v) is 10.7.